The lowest BCUT2D eigenvalue weighted by Gasteiger charge is -2.26. The molecule has 0 spiro atoms. The predicted octanol–water partition coefficient (Wildman–Crippen LogP) is 5.49. The molecule has 0 saturated heterocycles. The lowest BCUT2D eigenvalue weighted by Crippen LogP contribution is -2.33. The Morgan fingerprint density at radius 1 is 0.875 bits per heavy atom. The molecule has 0 radical (unpaired) electrons. The first kappa shape index (κ1) is 15.8. The molecular formula is C14H30OSi. The van der Waals surface area contributed by atoms with Crippen LogP contribution in [0, 0.1) is 0 Å². The fourth-order valence-corrected chi connectivity index (χ4v) is 4.33. The Hall–Kier alpha value is -0.243. The zero-order chi connectivity index (χ0) is 12.3. The van der Waals surface area contributed by atoms with Gasteiger partial charge in [0.15, 0.2) is 0 Å². The quantitative estimate of drug-likeness (QED) is 0.279. The Labute approximate surface area is 103 Å². The van der Waals surface area contributed by atoms with E-state index in [0.717, 1.165) is 0 Å². The second-order valence-electron chi connectivity index (χ2n) is 4.58. The minimum Gasteiger partial charge on any atom is -0.549 e. The van der Waals surface area contributed by atoms with Gasteiger partial charge in [0.25, 0.3) is 0 Å². The summed E-state index contributed by atoms with van der Waals surface area (Å²) >= 11 is 0. The second kappa shape index (κ2) is 9.95. The normalized spacial score (nSPS) is 12.2. The maximum Gasteiger partial charge on any atom is 0.249 e. The summed E-state index contributed by atoms with van der Waals surface area (Å²) < 4.78 is 6.04. The van der Waals surface area contributed by atoms with Crippen molar-refractivity contribution in [3.63, 3.8) is 0 Å². The molecule has 0 atom stereocenters. The van der Waals surface area contributed by atoms with Crippen molar-refractivity contribution in [3.8, 4) is 0 Å². The van der Waals surface area contributed by atoms with Gasteiger partial charge < -0.3 is 4.43 Å². The number of unbranched alkanes of at least 4 members (excludes halogenated alkanes) is 4. The Balaban J connectivity index is 3.71. The zero-order valence-electron chi connectivity index (χ0n) is 11.7. The van der Waals surface area contributed by atoms with E-state index in [-0.39, 0.29) is 0 Å². The van der Waals surface area contributed by atoms with Crippen LogP contribution in [0.3, 0.4) is 0 Å². The van der Waals surface area contributed by atoms with E-state index in [1.165, 1.54) is 50.2 Å². The molecule has 0 heterocycles. The first-order chi connectivity index (χ1) is 7.74. The van der Waals surface area contributed by atoms with Crippen LogP contribution in [0.5, 0.6) is 0 Å². The van der Waals surface area contributed by atoms with Crippen molar-refractivity contribution in [1.29, 1.82) is 0 Å². The number of hydrogen-bond donors (Lipinski definition) is 0. The van der Waals surface area contributed by atoms with E-state index in [1.807, 2.05) is 6.26 Å². The molecule has 2 heteroatoms. The monoisotopic (exact) mass is 242 g/mol. The standard InChI is InChI=1S/C14H30OSi/c1-5-9-10-11-12-13-14-15-16(6-2,7-3)8-4/h13-14H,5-12H2,1-4H3/b14-13+. The van der Waals surface area contributed by atoms with E-state index in [9.17, 15) is 0 Å². The maximum absolute atomic E-state index is 6.04. The average Bonchev–Trinajstić information content (AvgIpc) is 2.34. The Morgan fingerprint density at radius 2 is 1.50 bits per heavy atom. The van der Waals surface area contributed by atoms with Gasteiger partial charge >= 0.3 is 0 Å². The van der Waals surface area contributed by atoms with E-state index in [0.29, 0.717) is 0 Å². The van der Waals surface area contributed by atoms with Crippen molar-refractivity contribution < 1.29 is 4.43 Å². The molecule has 0 bridgehead atoms. The minimum absolute atomic E-state index is 1.18. The summed E-state index contributed by atoms with van der Waals surface area (Å²) in [6.45, 7) is 9.07. The lowest BCUT2D eigenvalue weighted by atomic mass is 10.2. The predicted molar refractivity (Wildman–Crippen MR) is 76.2 cm³/mol. The molecule has 0 aliphatic heterocycles. The van der Waals surface area contributed by atoms with Gasteiger partial charge in [-0.05, 0) is 31.0 Å². The van der Waals surface area contributed by atoms with E-state index in [4.69, 9.17) is 4.43 Å². The van der Waals surface area contributed by atoms with Crippen molar-refractivity contribution in [3.05, 3.63) is 12.3 Å². The van der Waals surface area contributed by atoms with Crippen LogP contribution < -0.4 is 0 Å². The van der Waals surface area contributed by atoms with E-state index in [2.05, 4.69) is 33.8 Å². The number of hydrogen-bond acceptors (Lipinski definition) is 1. The number of rotatable bonds is 10. The fraction of sp³-hybridized carbons (Fsp3) is 0.857. The topological polar surface area (TPSA) is 9.23 Å². The third-order valence-corrected chi connectivity index (χ3v) is 8.07. The Kier molecular flexibility index (Phi) is 9.79. The van der Waals surface area contributed by atoms with Crippen LogP contribution in [0.25, 0.3) is 0 Å². The third kappa shape index (κ3) is 6.36. The van der Waals surface area contributed by atoms with Crippen molar-refractivity contribution in [1.82, 2.24) is 0 Å². The van der Waals surface area contributed by atoms with E-state index >= 15 is 0 Å². The van der Waals surface area contributed by atoms with Gasteiger partial charge in [-0.2, -0.15) is 0 Å². The minimum atomic E-state index is -1.38. The van der Waals surface area contributed by atoms with Crippen LogP contribution in [-0.4, -0.2) is 8.32 Å². The molecule has 0 unspecified atom stereocenters. The molecule has 0 saturated carbocycles. The summed E-state index contributed by atoms with van der Waals surface area (Å²) in [6, 6.07) is 3.71. The fourth-order valence-electron chi connectivity index (χ4n) is 1.95. The Morgan fingerprint density at radius 3 is 2.00 bits per heavy atom. The first-order valence-electron chi connectivity index (χ1n) is 7.07. The van der Waals surface area contributed by atoms with Gasteiger partial charge in [0.05, 0.1) is 6.26 Å². The summed E-state index contributed by atoms with van der Waals surface area (Å²) in [6.07, 6.45) is 10.8. The van der Waals surface area contributed by atoms with Crippen LogP contribution in [0.4, 0.5) is 0 Å². The highest BCUT2D eigenvalue weighted by atomic mass is 28.4. The molecule has 16 heavy (non-hydrogen) atoms. The van der Waals surface area contributed by atoms with Crippen molar-refractivity contribution in [2.45, 2.75) is 77.9 Å². The molecule has 0 fully saturated rings. The first-order valence-corrected chi connectivity index (χ1v) is 9.60. The molecule has 0 aromatic rings. The molecular weight excluding hydrogens is 212 g/mol. The zero-order valence-corrected chi connectivity index (χ0v) is 12.7. The van der Waals surface area contributed by atoms with Crippen LogP contribution in [-0.2, 0) is 4.43 Å². The Bertz CT molecular complexity index is 165. The average molecular weight is 242 g/mol. The largest absolute Gasteiger partial charge is 0.549 e. The smallest absolute Gasteiger partial charge is 0.249 e. The summed E-state index contributed by atoms with van der Waals surface area (Å²) in [7, 11) is -1.38. The summed E-state index contributed by atoms with van der Waals surface area (Å²) in [5.74, 6) is 0. The maximum atomic E-state index is 6.04. The molecule has 0 N–H and O–H groups in total. The lowest BCUT2D eigenvalue weighted by molar-refractivity contribution is 0.455. The van der Waals surface area contributed by atoms with Gasteiger partial charge in [-0.25, -0.2) is 0 Å². The molecule has 0 aromatic heterocycles. The van der Waals surface area contributed by atoms with Gasteiger partial charge in [0, 0.05) is 0 Å². The second-order valence-corrected chi connectivity index (χ2v) is 9.31. The van der Waals surface area contributed by atoms with Gasteiger partial charge in [0.1, 0.15) is 0 Å². The van der Waals surface area contributed by atoms with E-state index in [1.54, 1.807) is 0 Å². The highest BCUT2D eigenvalue weighted by Gasteiger charge is 2.28. The summed E-state index contributed by atoms with van der Waals surface area (Å²) in [4.78, 5) is 0. The highest BCUT2D eigenvalue weighted by molar-refractivity contribution is 6.73. The van der Waals surface area contributed by atoms with Crippen LogP contribution in [0.2, 0.25) is 18.1 Å². The van der Waals surface area contributed by atoms with Gasteiger partial charge in [-0.3, -0.25) is 0 Å². The van der Waals surface area contributed by atoms with Crippen molar-refractivity contribution in [2.24, 2.45) is 0 Å². The van der Waals surface area contributed by atoms with E-state index < -0.39 is 8.32 Å². The number of allylic oxidation sites excluding steroid dienone is 1. The third-order valence-electron chi connectivity index (χ3n) is 3.57. The SMILES string of the molecule is CCCCCC/C=C/O[Si](CC)(CC)CC. The molecule has 1 nitrogen and oxygen atoms in total. The molecule has 96 valence electrons. The van der Waals surface area contributed by atoms with Crippen molar-refractivity contribution >= 4 is 8.32 Å². The summed E-state index contributed by atoms with van der Waals surface area (Å²) in [5.41, 5.74) is 0. The van der Waals surface area contributed by atoms with Gasteiger partial charge in [0.2, 0.25) is 8.32 Å². The molecule has 0 aliphatic carbocycles. The summed E-state index contributed by atoms with van der Waals surface area (Å²) in [5, 5.41) is 0. The van der Waals surface area contributed by atoms with Crippen LogP contribution in [0.1, 0.15) is 59.8 Å². The molecule has 0 rings (SSSR count). The molecule has 0 aliphatic rings. The van der Waals surface area contributed by atoms with Gasteiger partial charge in [-0.1, -0.05) is 53.0 Å². The highest BCUT2D eigenvalue weighted by Crippen LogP contribution is 2.21. The van der Waals surface area contributed by atoms with Crippen molar-refractivity contribution in [2.75, 3.05) is 0 Å². The van der Waals surface area contributed by atoms with Crippen LogP contribution >= 0.6 is 0 Å². The molecule has 0 amide bonds. The van der Waals surface area contributed by atoms with Gasteiger partial charge in [-0.15, -0.1) is 0 Å². The van der Waals surface area contributed by atoms with Crippen LogP contribution in [0.15, 0.2) is 12.3 Å². The molecule has 0 aromatic carbocycles.